The molecule has 1 aromatic carbocycles. The van der Waals surface area contributed by atoms with E-state index in [9.17, 15) is 0 Å². The summed E-state index contributed by atoms with van der Waals surface area (Å²) in [5.41, 5.74) is 4.43. The molecule has 3 unspecified atom stereocenters. The van der Waals surface area contributed by atoms with Gasteiger partial charge >= 0.3 is 0 Å². The third kappa shape index (κ3) is 2.30. The molecule has 0 amide bonds. The van der Waals surface area contributed by atoms with E-state index in [1.807, 2.05) is 6.07 Å². The van der Waals surface area contributed by atoms with E-state index in [0.29, 0.717) is 19.6 Å². The van der Waals surface area contributed by atoms with Crippen molar-refractivity contribution >= 4 is 17.0 Å². The van der Waals surface area contributed by atoms with Crippen LogP contribution >= 0.6 is 11.3 Å². The molecule has 1 fully saturated rings. The lowest BCUT2D eigenvalue weighted by molar-refractivity contribution is -0.151. The summed E-state index contributed by atoms with van der Waals surface area (Å²) in [7, 11) is 0. The second-order valence-corrected chi connectivity index (χ2v) is 6.34. The fourth-order valence-corrected chi connectivity index (χ4v) is 3.93. The van der Waals surface area contributed by atoms with Crippen LogP contribution in [-0.4, -0.2) is 19.3 Å². The first kappa shape index (κ1) is 13.8. The van der Waals surface area contributed by atoms with Gasteiger partial charge in [-0.05, 0) is 40.1 Å². The van der Waals surface area contributed by atoms with Gasteiger partial charge in [0.1, 0.15) is 12.2 Å². The molecule has 2 aliphatic heterocycles. The Balaban J connectivity index is 1.75. The smallest absolute Gasteiger partial charge is 0.113 e. The number of nitrogens with zero attached hydrogens (tertiary/aromatic N) is 1. The third-order valence-electron chi connectivity index (χ3n) is 4.24. The van der Waals surface area contributed by atoms with Gasteiger partial charge in [0.05, 0.1) is 31.7 Å². The highest BCUT2D eigenvalue weighted by Gasteiger charge is 2.41. The van der Waals surface area contributed by atoms with Crippen molar-refractivity contribution in [1.82, 2.24) is 0 Å². The van der Waals surface area contributed by atoms with Crippen LogP contribution in [0.2, 0.25) is 0 Å². The summed E-state index contributed by atoms with van der Waals surface area (Å²) in [4.78, 5) is 0. The molecule has 22 heavy (non-hydrogen) atoms. The first-order chi connectivity index (χ1) is 10.9. The van der Waals surface area contributed by atoms with Crippen molar-refractivity contribution in [2.45, 2.75) is 24.7 Å². The lowest BCUT2D eigenvalue weighted by Crippen LogP contribution is -2.43. The highest BCUT2D eigenvalue weighted by Crippen LogP contribution is 2.44. The average Bonchev–Trinajstić information content (AvgIpc) is 3.09. The number of nitrogens with one attached hydrogen (secondary N) is 1. The Bertz CT molecular complexity index is 708. The molecule has 3 atom stereocenters. The van der Waals surface area contributed by atoms with Crippen LogP contribution < -0.4 is 5.32 Å². The number of hydrogen-bond donors (Lipinski definition) is 1. The van der Waals surface area contributed by atoms with E-state index in [0.717, 1.165) is 16.8 Å². The molecule has 0 aliphatic carbocycles. The maximum Gasteiger partial charge on any atom is 0.113 e. The van der Waals surface area contributed by atoms with Crippen LogP contribution in [0.5, 0.6) is 0 Å². The van der Waals surface area contributed by atoms with Crippen LogP contribution in [0.1, 0.15) is 28.8 Å². The van der Waals surface area contributed by atoms with Crippen molar-refractivity contribution < 1.29 is 9.47 Å². The SMILES string of the molecule is N#CCc1ccc2c(c1)C1OCCOC1C(c1ccsc1)N2. The summed E-state index contributed by atoms with van der Waals surface area (Å²) >= 11 is 1.69. The first-order valence-electron chi connectivity index (χ1n) is 7.38. The lowest BCUT2D eigenvalue weighted by Gasteiger charge is -2.42. The van der Waals surface area contributed by atoms with Crippen LogP contribution in [0.25, 0.3) is 0 Å². The number of nitriles is 1. The summed E-state index contributed by atoms with van der Waals surface area (Å²) < 4.78 is 12.1. The minimum absolute atomic E-state index is 0.0341. The van der Waals surface area contributed by atoms with Gasteiger partial charge in [-0.25, -0.2) is 0 Å². The molecule has 5 heteroatoms. The Labute approximate surface area is 133 Å². The molecular weight excluding hydrogens is 296 g/mol. The average molecular weight is 312 g/mol. The molecule has 2 aromatic rings. The summed E-state index contributed by atoms with van der Waals surface area (Å²) in [5, 5.41) is 16.7. The zero-order valence-electron chi connectivity index (χ0n) is 12.0. The summed E-state index contributed by atoms with van der Waals surface area (Å²) in [6.07, 6.45) is 0.307. The van der Waals surface area contributed by atoms with Gasteiger partial charge in [-0.2, -0.15) is 16.6 Å². The van der Waals surface area contributed by atoms with Gasteiger partial charge in [-0.1, -0.05) is 6.07 Å². The van der Waals surface area contributed by atoms with Crippen LogP contribution in [0, 0.1) is 11.3 Å². The van der Waals surface area contributed by atoms with E-state index in [1.54, 1.807) is 11.3 Å². The Morgan fingerprint density at radius 1 is 1.27 bits per heavy atom. The number of rotatable bonds is 2. The molecule has 0 spiro atoms. The molecule has 0 bridgehead atoms. The van der Waals surface area contributed by atoms with Crippen LogP contribution in [-0.2, 0) is 15.9 Å². The second-order valence-electron chi connectivity index (χ2n) is 5.56. The number of hydrogen-bond acceptors (Lipinski definition) is 5. The highest BCUT2D eigenvalue weighted by atomic mass is 32.1. The van der Waals surface area contributed by atoms with E-state index >= 15 is 0 Å². The minimum Gasteiger partial charge on any atom is -0.375 e. The molecule has 1 saturated heterocycles. The van der Waals surface area contributed by atoms with Crippen molar-refractivity contribution in [3.63, 3.8) is 0 Å². The van der Waals surface area contributed by atoms with Crippen LogP contribution in [0.3, 0.4) is 0 Å². The van der Waals surface area contributed by atoms with Crippen molar-refractivity contribution in [3.8, 4) is 6.07 Å². The quantitative estimate of drug-likeness (QED) is 0.923. The summed E-state index contributed by atoms with van der Waals surface area (Å²) in [6, 6.07) is 10.6. The van der Waals surface area contributed by atoms with Crippen molar-refractivity contribution in [2.24, 2.45) is 0 Å². The molecule has 3 heterocycles. The standard InChI is InChI=1S/C17H16N2O2S/c18-5-3-11-1-2-14-13(9-11)16-17(21-7-6-20-16)15(19-14)12-4-8-22-10-12/h1-2,4,8-10,15-17,19H,3,6-7H2. The first-order valence-corrected chi connectivity index (χ1v) is 8.33. The highest BCUT2D eigenvalue weighted by molar-refractivity contribution is 7.08. The van der Waals surface area contributed by atoms with Gasteiger partial charge in [-0.3, -0.25) is 0 Å². The molecule has 0 radical (unpaired) electrons. The van der Waals surface area contributed by atoms with Gasteiger partial charge in [0.25, 0.3) is 0 Å². The van der Waals surface area contributed by atoms with Gasteiger partial charge < -0.3 is 14.8 Å². The fraction of sp³-hybridized carbons (Fsp3) is 0.353. The topological polar surface area (TPSA) is 54.3 Å². The zero-order chi connectivity index (χ0) is 14.9. The predicted molar refractivity (Wildman–Crippen MR) is 84.9 cm³/mol. The third-order valence-corrected chi connectivity index (χ3v) is 4.94. The molecule has 4 rings (SSSR count). The number of ether oxygens (including phenoxy) is 2. The largest absolute Gasteiger partial charge is 0.375 e. The Hall–Kier alpha value is -1.87. The van der Waals surface area contributed by atoms with Crippen molar-refractivity contribution in [1.29, 1.82) is 5.26 Å². The van der Waals surface area contributed by atoms with Crippen LogP contribution in [0.4, 0.5) is 5.69 Å². The molecule has 1 N–H and O–H groups in total. The molecule has 0 saturated carbocycles. The lowest BCUT2D eigenvalue weighted by atomic mass is 9.87. The van der Waals surface area contributed by atoms with Crippen molar-refractivity contribution in [2.75, 3.05) is 18.5 Å². The van der Waals surface area contributed by atoms with E-state index in [-0.39, 0.29) is 18.2 Å². The van der Waals surface area contributed by atoms with Crippen molar-refractivity contribution in [3.05, 3.63) is 51.7 Å². The van der Waals surface area contributed by atoms with E-state index in [2.05, 4.69) is 40.3 Å². The second kappa shape index (κ2) is 5.73. The molecule has 1 aromatic heterocycles. The van der Waals surface area contributed by atoms with Crippen LogP contribution in [0.15, 0.2) is 35.0 Å². The maximum absolute atomic E-state index is 8.90. The molecule has 2 aliphatic rings. The Morgan fingerprint density at radius 2 is 2.18 bits per heavy atom. The molecular formula is C17H16N2O2S. The number of benzene rings is 1. The maximum atomic E-state index is 8.90. The van der Waals surface area contributed by atoms with Gasteiger partial charge in [0.15, 0.2) is 0 Å². The Morgan fingerprint density at radius 3 is 3.00 bits per heavy atom. The normalized spacial score (nSPS) is 26.4. The monoisotopic (exact) mass is 312 g/mol. The van der Waals surface area contributed by atoms with E-state index in [1.165, 1.54) is 5.56 Å². The summed E-state index contributed by atoms with van der Waals surface area (Å²) in [6.45, 7) is 1.23. The molecule has 4 nitrogen and oxygen atoms in total. The number of thiophene rings is 1. The fourth-order valence-electron chi connectivity index (χ4n) is 3.23. The van der Waals surface area contributed by atoms with Gasteiger partial charge in [-0.15, -0.1) is 0 Å². The van der Waals surface area contributed by atoms with Gasteiger partial charge in [0, 0.05) is 11.3 Å². The minimum atomic E-state index is -0.0754. The molecule has 112 valence electrons. The summed E-state index contributed by atoms with van der Waals surface area (Å²) in [5.74, 6) is 0. The Kier molecular flexibility index (Phi) is 3.59. The number of fused-ring (bicyclic) bond motifs is 3. The van der Waals surface area contributed by atoms with E-state index in [4.69, 9.17) is 14.7 Å². The predicted octanol–water partition coefficient (Wildman–Crippen LogP) is 3.44. The van der Waals surface area contributed by atoms with E-state index < -0.39 is 0 Å². The number of anilines is 1. The van der Waals surface area contributed by atoms with Gasteiger partial charge in [0.2, 0.25) is 0 Å². The zero-order valence-corrected chi connectivity index (χ0v) is 12.8.